The number of carbonyl (C=O) groups is 1. The molecule has 64 heavy (non-hydrogen) atoms. The fraction of sp³-hybridized carbons (Fsp3) is 0.936. The molecule has 0 spiro atoms. The van der Waals surface area contributed by atoms with Crippen LogP contribution in [0, 0.1) is 22.7 Å². The van der Waals surface area contributed by atoms with Crippen molar-refractivity contribution in [1.29, 1.82) is 0 Å². The monoisotopic (exact) mass is 915 g/mol. The zero-order valence-electron chi connectivity index (χ0n) is 39.7. The number of methoxy groups -OCH3 is 3. The predicted octanol–water partition coefficient (Wildman–Crippen LogP) is 2.80. The van der Waals surface area contributed by atoms with Crippen LogP contribution in [-0.4, -0.2) is 173 Å². The maximum atomic E-state index is 12.8. The first-order chi connectivity index (χ1) is 30.1. The van der Waals surface area contributed by atoms with Crippen LogP contribution in [0.15, 0.2) is 11.6 Å². The summed E-state index contributed by atoms with van der Waals surface area (Å²) >= 11 is 0. The molecular weight excluding hydrogens is 836 g/mol. The van der Waals surface area contributed by atoms with Gasteiger partial charge in [-0.15, -0.1) is 0 Å². The van der Waals surface area contributed by atoms with Gasteiger partial charge in [0.25, 0.3) is 0 Å². The van der Waals surface area contributed by atoms with Crippen LogP contribution in [0.3, 0.4) is 0 Å². The molecule has 368 valence electrons. The Morgan fingerprint density at radius 2 is 1.33 bits per heavy atom. The Balaban J connectivity index is 0.959. The van der Waals surface area contributed by atoms with E-state index >= 15 is 0 Å². The average Bonchev–Trinajstić information content (AvgIpc) is 3.49. The molecular formula is C47H78O17. The molecule has 3 heterocycles. The van der Waals surface area contributed by atoms with E-state index < -0.39 is 126 Å². The lowest BCUT2D eigenvalue weighted by Gasteiger charge is -2.69. The van der Waals surface area contributed by atoms with Crippen molar-refractivity contribution in [2.75, 3.05) is 21.3 Å². The fourth-order valence-corrected chi connectivity index (χ4v) is 13.5. The summed E-state index contributed by atoms with van der Waals surface area (Å²) in [7, 11) is 4.63. The van der Waals surface area contributed by atoms with Crippen LogP contribution >= 0.6 is 0 Å². The van der Waals surface area contributed by atoms with Gasteiger partial charge in [0.1, 0.15) is 47.8 Å². The lowest BCUT2D eigenvalue weighted by Crippen LogP contribution is -2.79. The highest BCUT2D eigenvalue weighted by molar-refractivity contribution is 5.87. The minimum Gasteiger partial charge on any atom is -0.456 e. The van der Waals surface area contributed by atoms with Crippen molar-refractivity contribution in [3.63, 3.8) is 0 Å². The Hall–Kier alpha value is -1.39. The molecule has 23 atom stereocenters. The minimum atomic E-state index is -1.83. The Morgan fingerprint density at radius 3 is 1.92 bits per heavy atom. The molecule has 0 aromatic carbocycles. The van der Waals surface area contributed by atoms with Gasteiger partial charge in [-0.3, -0.25) is 0 Å². The molecule has 4 saturated carbocycles. The molecule has 0 aromatic heterocycles. The van der Waals surface area contributed by atoms with Crippen LogP contribution < -0.4 is 0 Å². The number of aliphatic hydroxyl groups excluding tert-OH is 3. The van der Waals surface area contributed by atoms with Gasteiger partial charge in [-0.25, -0.2) is 4.79 Å². The van der Waals surface area contributed by atoms with E-state index in [0.717, 1.165) is 0 Å². The maximum absolute atomic E-state index is 12.8. The summed E-state index contributed by atoms with van der Waals surface area (Å²) in [6.07, 6.45) is -5.69. The van der Waals surface area contributed by atoms with E-state index in [4.69, 9.17) is 47.4 Å². The van der Waals surface area contributed by atoms with E-state index in [9.17, 15) is 35.4 Å². The molecule has 0 aromatic rings. The lowest BCUT2D eigenvalue weighted by molar-refractivity contribution is -0.353. The normalized spacial score (nSPS) is 52.6. The van der Waals surface area contributed by atoms with Gasteiger partial charge < -0.3 is 78.0 Å². The van der Waals surface area contributed by atoms with Gasteiger partial charge >= 0.3 is 5.97 Å². The molecule has 6 N–H and O–H groups in total. The molecule has 4 aliphatic carbocycles. The second-order valence-electron chi connectivity index (χ2n) is 20.7. The summed E-state index contributed by atoms with van der Waals surface area (Å²) in [5.41, 5.74) is -6.81. The highest BCUT2D eigenvalue weighted by Crippen LogP contribution is 2.72. The molecule has 7 rings (SSSR count). The second-order valence-corrected chi connectivity index (χ2v) is 20.7. The van der Waals surface area contributed by atoms with Crippen LogP contribution in [0.1, 0.15) is 120 Å². The predicted molar refractivity (Wildman–Crippen MR) is 227 cm³/mol. The number of aliphatic hydroxyl groups is 6. The molecule has 0 radical (unpaired) electrons. The highest BCUT2D eigenvalue weighted by atomic mass is 16.8. The second kappa shape index (κ2) is 18.8. The number of carbonyl (C=O) groups excluding carboxylic acids is 1. The summed E-state index contributed by atoms with van der Waals surface area (Å²) in [5, 5.41) is 71.3. The third kappa shape index (κ3) is 8.14. The third-order valence-corrected chi connectivity index (χ3v) is 17.8. The zero-order chi connectivity index (χ0) is 46.9. The number of esters is 1. The largest absolute Gasteiger partial charge is 0.456 e. The van der Waals surface area contributed by atoms with Gasteiger partial charge in [0.05, 0.1) is 53.7 Å². The molecule has 17 heteroatoms. The van der Waals surface area contributed by atoms with E-state index in [0.29, 0.717) is 50.5 Å². The SMILES string of the molecule is CC=C(C)C(=O)OC(C)C1(O)CCC2(O)C3(O)CCC4CC(OC5CC(OC)C(OC6CC(OC)C(OC7OC(C)C(O)C(OC)C7O)C(C)O6)C(C)O5)CCC4(C)C3CC(O)C12C. The van der Waals surface area contributed by atoms with E-state index in [-0.39, 0.29) is 37.4 Å². The highest BCUT2D eigenvalue weighted by Gasteiger charge is 2.81. The first-order valence-corrected chi connectivity index (χ1v) is 23.6. The van der Waals surface area contributed by atoms with Gasteiger partial charge in [0.15, 0.2) is 18.9 Å². The fourth-order valence-electron chi connectivity index (χ4n) is 13.5. The van der Waals surface area contributed by atoms with Crippen molar-refractivity contribution < 1.29 is 82.8 Å². The molecule has 17 nitrogen and oxygen atoms in total. The van der Waals surface area contributed by atoms with Crippen molar-refractivity contribution in [3.05, 3.63) is 11.6 Å². The summed E-state index contributed by atoms with van der Waals surface area (Å²) in [6.45, 7) is 14.2. The zero-order valence-corrected chi connectivity index (χ0v) is 39.7. The maximum Gasteiger partial charge on any atom is 0.333 e. The first-order valence-electron chi connectivity index (χ1n) is 23.6. The van der Waals surface area contributed by atoms with Crippen LogP contribution in [0.5, 0.6) is 0 Å². The van der Waals surface area contributed by atoms with E-state index in [1.165, 1.54) is 7.11 Å². The van der Waals surface area contributed by atoms with Crippen molar-refractivity contribution in [1.82, 2.24) is 0 Å². The quantitative estimate of drug-likeness (QED) is 0.0940. The van der Waals surface area contributed by atoms with Gasteiger partial charge in [-0.1, -0.05) is 19.9 Å². The number of ether oxygens (including phenoxy) is 10. The minimum absolute atomic E-state index is 0.0553. The molecule has 3 saturated heterocycles. The number of hydrogen-bond acceptors (Lipinski definition) is 17. The molecule has 0 bridgehead atoms. The van der Waals surface area contributed by atoms with Crippen molar-refractivity contribution in [2.45, 2.75) is 235 Å². The molecule has 3 aliphatic heterocycles. The van der Waals surface area contributed by atoms with Gasteiger partial charge in [0.2, 0.25) is 0 Å². The molecule has 23 unspecified atom stereocenters. The Bertz CT molecular complexity index is 1670. The third-order valence-electron chi connectivity index (χ3n) is 17.8. The van der Waals surface area contributed by atoms with Crippen LogP contribution in [0.4, 0.5) is 0 Å². The van der Waals surface area contributed by atoms with E-state index in [2.05, 4.69) is 6.92 Å². The first kappa shape index (κ1) is 50.5. The Labute approximate surface area is 378 Å². The van der Waals surface area contributed by atoms with Gasteiger partial charge in [-0.05, 0) is 110 Å². The number of allylic oxidation sites excluding steroid dienone is 1. The van der Waals surface area contributed by atoms with E-state index in [1.807, 2.05) is 13.8 Å². The average molecular weight is 915 g/mol. The van der Waals surface area contributed by atoms with Crippen LogP contribution in [-0.2, 0) is 52.2 Å². The number of fused-ring (bicyclic) bond motifs is 5. The Morgan fingerprint density at radius 1 is 0.719 bits per heavy atom. The smallest absolute Gasteiger partial charge is 0.333 e. The van der Waals surface area contributed by atoms with Gasteiger partial charge in [-0.2, -0.15) is 0 Å². The van der Waals surface area contributed by atoms with Crippen molar-refractivity contribution in [2.24, 2.45) is 22.7 Å². The van der Waals surface area contributed by atoms with Crippen LogP contribution in [0.2, 0.25) is 0 Å². The number of hydrogen-bond donors (Lipinski definition) is 6. The molecule has 7 fully saturated rings. The summed E-state index contributed by atoms with van der Waals surface area (Å²) in [5.74, 6) is -0.890. The lowest BCUT2D eigenvalue weighted by atomic mass is 9.40. The topological polar surface area (TPSA) is 231 Å². The summed E-state index contributed by atoms with van der Waals surface area (Å²) < 4.78 is 61.1. The van der Waals surface area contributed by atoms with E-state index in [1.54, 1.807) is 54.9 Å². The van der Waals surface area contributed by atoms with Gasteiger partial charge in [0, 0.05) is 39.7 Å². The molecule has 0 amide bonds. The standard InChI is InChI=1S/C47H78O17/c1-12-23(2)41(51)61-27(6)45(52)17-18-47(54)44(45,8)33(48)22-32-43(7)15-14-29(19-28(43)13-16-46(32,47)53)62-34-20-30(55-9)38(25(4)58-34)63-35-21-31(56-10)39(26(5)59-35)64-42-37(50)40(57-11)36(49)24(3)60-42/h12,24-40,42,48-50,52-54H,13-22H2,1-11H3. The number of rotatable bonds is 12. The summed E-state index contributed by atoms with van der Waals surface area (Å²) in [6, 6.07) is 0. The van der Waals surface area contributed by atoms with Crippen molar-refractivity contribution in [3.8, 4) is 0 Å². The van der Waals surface area contributed by atoms with Crippen LogP contribution in [0.25, 0.3) is 0 Å². The summed E-state index contributed by atoms with van der Waals surface area (Å²) in [4.78, 5) is 12.8. The molecule has 7 aliphatic rings. The van der Waals surface area contributed by atoms with Crippen molar-refractivity contribution >= 4 is 5.97 Å². The Kier molecular flexibility index (Phi) is 14.9.